The average Bonchev–Trinajstić information content (AvgIpc) is 3.21. The zero-order valence-electron chi connectivity index (χ0n) is 20.0. The van der Waals surface area contributed by atoms with Crippen LogP contribution < -0.4 is 10.1 Å². The highest BCUT2D eigenvalue weighted by Gasteiger charge is 2.23. The number of anilines is 1. The molecule has 0 radical (unpaired) electrons. The van der Waals surface area contributed by atoms with E-state index in [4.69, 9.17) is 9.84 Å². The number of aromatic nitrogens is 2. The van der Waals surface area contributed by atoms with Crippen LogP contribution in [0, 0.1) is 6.92 Å². The molecule has 1 N–H and O–H groups in total. The van der Waals surface area contributed by atoms with Gasteiger partial charge in [-0.2, -0.15) is 5.10 Å². The Balaban J connectivity index is 1.72. The van der Waals surface area contributed by atoms with E-state index in [9.17, 15) is 9.59 Å². The molecule has 0 aliphatic heterocycles. The van der Waals surface area contributed by atoms with Gasteiger partial charge in [-0.15, -0.1) is 0 Å². The highest BCUT2D eigenvalue weighted by molar-refractivity contribution is 5.94. The van der Waals surface area contributed by atoms with Crippen molar-refractivity contribution in [2.24, 2.45) is 0 Å². The molecule has 2 aromatic carbocycles. The van der Waals surface area contributed by atoms with Crippen LogP contribution in [0.25, 0.3) is 5.69 Å². The number of benzene rings is 2. The summed E-state index contributed by atoms with van der Waals surface area (Å²) in [5.74, 6) is 0.637. The second kappa shape index (κ2) is 10.3. The Labute approximate surface area is 195 Å². The van der Waals surface area contributed by atoms with E-state index >= 15 is 0 Å². The summed E-state index contributed by atoms with van der Waals surface area (Å²) in [7, 11) is 0. The van der Waals surface area contributed by atoms with Gasteiger partial charge in [0.25, 0.3) is 5.91 Å². The van der Waals surface area contributed by atoms with Gasteiger partial charge in [0.05, 0.1) is 17.9 Å². The van der Waals surface area contributed by atoms with Crippen LogP contribution >= 0.6 is 0 Å². The molecule has 0 aliphatic rings. The van der Waals surface area contributed by atoms with Crippen LogP contribution in [0.5, 0.6) is 5.75 Å². The van der Waals surface area contributed by atoms with Gasteiger partial charge in [-0.3, -0.25) is 9.59 Å². The van der Waals surface area contributed by atoms with Crippen LogP contribution in [0.3, 0.4) is 0 Å². The molecule has 2 amide bonds. The molecular weight excluding hydrogens is 416 g/mol. The van der Waals surface area contributed by atoms with Crippen molar-refractivity contribution in [3.63, 3.8) is 0 Å². The van der Waals surface area contributed by atoms with E-state index in [0.29, 0.717) is 18.1 Å². The monoisotopic (exact) mass is 448 g/mol. The first-order chi connectivity index (χ1) is 15.7. The van der Waals surface area contributed by atoms with E-state index in [1.807, 2.05) is 62.4 Å². The number of para-hydroxylation sites is 1. The normalized spacial score (nSPS) is 11.2. The van der Waals surface area contributed by atoms with Crippen molar-refractivity contribution >= 4 is 17.6 Å². The van der Waals surface area contributed by atoms with Crippen LogP contribution in [0.1, 0.15) is 39.0 Å². The van der Waals surface area contributed by atoms with E-state index in [2.05, 4.69) is 26.1 Å². The number of carbonyl (C=O) groups excluding carboxylic acids is 2. The van der Waals surface area contributed by atoms with Crippen LogP contribution in [0.4, 0.5) is 5.82 Å². The predicted octanol–water partition coefficient (Wildman–Crippen LogP) is 4.34. The van der Waals surface area contributed by atoms with E-state index < -0.39 is 0 Å². The van der Waals surface area contributed by atoms with Crippen molar-refractivity contribution in [3.8, 4) is 11.4 Å². The van der Waals surface area contributed by atoms with Crippen molar-refractivity contribution < 1.29 is 14.3 Å². The van der Waals surface area contributed by atoms with Gasteiger partial charge in [-0.1, -0.05) is 56.7 Å². The maximum absolute atomic E-state index is 12.9. The molecule has 0 saturated carbocycles. The third kappa shape index (κ3) is 6.44. The molecule has 1 heterocycles. The number of rotatable bonds is 8. The van der Waals surface area contributed by atoms with Crippen LogP contribution in [-0.2, 0) is 15.0 Å². The second-order valence-electron chi connectivity index (χ2n) is 8.97. The standard InChI is InChI=1S/C26H32N4O3/c1-6-29(25(32)18-33-21-10-8-7-9-11-21)17-24(31)27-23-16-22(26(3,4)5)28-30(23)20-14-12-19(2)13-15-20/h7-16H,6,17-18H2,1-5H3,(H,27,31). The van der Waals surface area contributed by atoms with Crippen LogP contribution in [-0.4, -0.2) is 46.2 Å². The fourth-order valence-corrected chi connectivity index (χ4v) is 3.20. The predicted molar refractivity (Wildman–Crippen MR) is 130 cm³/mol. The topological polar surface area (TPSA) is 76.5 Å². The Hall–Kier alpha value is -3.61. The van der Waals surface area contributed by atoms with Gasteiger partial charge in [0.15, 0.2) is 6.61 Å². The van der Waals surface area contributed by atoms with Gasteiger partial charge < -0.3 is 15.0 Å². The first-order valence-electron chi connectivity index (χ1n) is 11.1. The molecule has 3 aromatic rings. The molecule has 7 nitrogen and oxygen atoms in total. The van der Waals surface area contributed by atoms with Gasteiger partial charge >= 0.3 is 0 Å². The van der Waals surface area contributed by atoms with Crippen LogP contribution in [0.2, 0.25) is 0 Å². The number of nitrogens with one attached hydrogen (secondary N) is 1. The maximum Gasteiger partial charge on any atom is 0.260 e. The Morgan fingerprint density at radius 3 is 2.33 bits per heavy atom. The number of carbonyl (C=O) groups is 2. The molecule has 1 aromatic heterocycles. The van der Waals surface area contributed by atoms with Crippen molar-refractivity contribution in [2.45, 2.75) is 40.0 Å². The summed E-state index contributed by atoms with van der Waals surface area (Å²) in [6.07, 6.45) is 0. The zero-order chi connectivity index (χ0) is 24.0. The SMILES string of the molecule is CCN(CC(=O)Nc1cc(C(C)(C)C)nn1-c1ccc(C)cc1)C(=O)COc1ccccc1. The molecule has 7 heteroatoms. The van der Waals surface area contributed by atoms with Gasteiger partial charge in [0.1, 0.15) is 11.6 Å². The maximum atomic E-state index is 12.9. The lowest BCUT2D eigenvalue weighted by Crippen LogP contribution is -2.40. The van der Waals surface area contributed by atoms with Crippen molar-refractivity contribution in [1.29, 1.82) is 0 Å². The fraction of sp³-hybridized carbons (Fsp3) is 0.346. The first-order valence-corrected chi connectivity index (χ1v) is 11.1. The summed E-state index contributed by atoms with van der Waals surface area (Å²) in [5, 5.41) is 7.67. The van der Waals surface area contributed by atoms with Gasteiger partial charge in [0.2, 0.25) is 5.91 Å². The molecule has 0 spiro atoms. The number of likely N-dealkylation sites (N-methyl/N-ethyl adjacent to an activating group) is 1. The summed E-state index contributed by atoms with van der Waals surface area (Å²) >= 11 is 0. The summed E-state index contributed by atoms with van der Waals surface area (Å²) in [6.45, 7) is 10.3. The highest BCUT2D eigenvalue weighted by Crippen LogP contribution is 2.26. The van der Waals surface area contributed by atoms with E-state index in [1.165, 1.54) is 4.90 Å². The highest BCUT2D eigenvalue weighted by atomic mass is 16.5. The molecule has 33 heavy (non-hydrogen) atoms. The molecule has 0 fully saturated rings. The molecule has 0 bridgehead atoms. The second-order valence-corrected chi connectivity index (χ2v) is 8.97. The lowest BCUT2D eigenvalue weighted by molar-refractivity contribution is -0.136. The van der Waals surface area contributed by atoms with Crippen LogP contribution in [0.15, 0.2) is 60.7 Å². The largest absolute Gasteiger partial charge is 0.484 e. The zero-order valence-corrected chi connectivity index (χ0v) is 20.0. The minimum atomic E-state index is -0.293. The Morgan fingerprint density at radius 1 is 1.06 bits per heavy atom. The third-order valence-corrected chi connectivity index (χ3v) is 5.20. The fourth-order valence-electron chi connectivity index (χ4n) is 3.20. The van der Waals surface area contributed by atoms with E-state index in [1.54, 1.807) is 16.8 Å². The minimum Gasteiger partial charge on any atom is -0.484 e. The van der Waals surface area contributed by atoms with E-state index in [0.717, 1.165) is 16.9 Å². The molecule has 0 atom stereocenters. The van der Waals surface area contributed by atoms with Crippen molar-refractivity contribution in [1.82, 2.24) is 14.7 Å². The molecule has 174 valence electrons. The Bertz CT molecular complexity index is 1080. The Morgan fingerprint density at radius 2 is 1.73 bits per heavy atom. The quantitative estimate of drug-likeness (QED) is 0.556. The number of hydrogen-bond donors (Lipinski definition) is 1. The van der Waals surface area contributed by atoms with Crippen molar-refractivity contribution in [2.75, 3.05) is 25.0 Å². The van der Waals surface area contributed by atoms with E-state index in [-0.39, 0.29) is 30.4 Å². The van der Waals surface area contributed by atoms with Gasteiger partial charge in [-0.25, -0.2) is 4.68 Å². The molecular formula is C26H32N4O3. The average molecular weight is 449 g/mol. The summed E-state index contributed by atoms with van der Waals surface area (Å²) in [4.78, 5) is 26.9. The lowest BCUT2D eigenvalue weighted by Gasteiger charge is -2.20. The summed E-state index contributed by atoms with van der Waals surface area (Å²) in [6, 6.07) is 19.0. The van der Waals surface area contributed by atoms with Gasteiger partial charge in [-0.05, 0) is 38.1 Å². The number of amides is 2. The molecule has 0 unspecified atom stereocenters. The number of nitrogens with zero attached hydrogens (tertiary/aromatic N) is 3. The lowest BCUT2D eigenvalue weighted by atomic mass is 9.92. The first kappa shape index (κ1) is 24.0. The Kier molecular flexibility index (Phi) is 7.53. The smallest absolute Gasteiger partial charge is 0.260 e. The molecule has 0 aliphatic carbocycles. The molecule has 0 saturated heterocycles. The number of aryl methyl sites for hydroxylation is 1. The van der Waals surface area contributed by atoms with Gasteiger partial charge in [0, 0.05) is 18.0 Å². The number of hydrogen-bond acceptors (Lipinski definition) is 4. The third-order valence-electron chi connectivity index (χ3n) is 5.20. The molecule has 3 rings (SSSR count). The summed E-state index contributed by atoms with van der Waals surface area (Å²) in [5.41, 5.74) is 2.67. The minimum absolute atomic E-state index is 0.0720. The number of ether oxygens (including phenoxy) is 1. The summed E-state index contributed by atoms with van der Waals surface area (Å²) < 4.78 is 7.27. The van der Waals surface area contributed by atoms with Crippen molar-refractivity contribution in [3.05, 3.63) is 71.9 Å².